The Balaban J connectivity index is 3.12. The van der Waals surface area contributed by atoms with Crippen LogP contribution in [0.3, 0.4) is 0 Å². The van der Waals surface area contributed by atoms with Crippen LogP contribution in [0.25, 0.3) is 0 Å². The molecule has 0 bridgehead atoms. The maximum Gasteiger partial charge on any atom is 0.305 e. The molecular weight excluding hydrogens is 272 g/mol. The summed E-state index contributed by atoms with van der Waals surface area (Å²) in [7, 11) is 0. The van der Waals surface area contributed by atoms with Crippen LogP contribution in [0.5, 0.6) is 0 Å². The normalized spacial score (nSPS) is 10.7. The Morgan fingerprint density at radius 2 is 1.35 bits per heavy atom. The Kier molecular flexibility index (Phi) is 16.6. The number of carbonyl (C=O) groups is 1. The summed E-state index contributed by atoms with van der Waals surface area (Å²) < 4.78 is 5.24. The maximum absolute atomic E-state index is 11.5. The van der Waals surface area contributed by atoms with Gasteiger partial charge in [-0.25, -0.2) is 0 Å². The predicted octanol–water partition coefficient (Wildman–Crippen LogP) is 5.86. The highest BCUT2D eigenvalue weighted by molar-refractivity contribution is 6.17. The minimum atomic E-state index is -0.0115. The lowest BCUT2D eigenvalue weighted by molar-refractivity contribution is -0.143. The molecule has 2 nitrogen and oxygen atoms in total. The topological polar surface area (TPSA) is 26.3 Å². The van der Waals surface area contributed by atoms with Crippen LogP contribution in [-0.4, -0.2) is 18.5 Å². The van der Waals surface area contributed by atoms with E-state index in [2.05, 4.69) is 6.92 Å². The van der Waals surface area contributed by atoms with Crippen molar-refractivity contribution < 1.29 is 9.53 Å². The second-order valence-corrected chi connectivity index (χ2v) is 5.93. The van der Waals surface area contributed by atoms with Crippen LogP contribution in [0.2, 0.25) is 0 Å². The van der Waals surface area contributed by atoms with Crippen molar-refractivity contribution in [3.05, 3.63) is 0 Å². The monoisotopic (exact) mass is 304 g/mol. The van der Waals surface area contributed by atoms with Crippen LogP contribution >= 0.6 is 11.6 Å². The van der Waals surface area contributed by atoms with E-state index in [9.17, 15) is 4.79 Å². The zero-order valence-corrected chi connectivity index (χ0v) is 14.1. The summed E-state index contributed by atoms with van der Waals surface area (Å²) in [6, 6.07) is 0. The molecule has 0 aromatic carbocycles. The third kappa shape index (κ3) is 15.8. The van der Waals surface area contributed by atoms with E-state index in [1.807, 2.05) is 0 Å². The van der Waals surface area contributed by atoms with Crippen molar-refractivity contribution in [2.75, 3.05) is 12.5 Å². The average Bonchev–Trinajstić information content (AvgIpc) is 2.45. The summed E-state index contributed by atoms with van der Waals surface area (Å²) in [5.74, 6) is 0.762. The number of alkyl halides is 1. The molecule has 0 fully saturated rings. The van der Waals surface area contributed by atoms with E-state index in [4.69, 9.17) is 16.3 Å². The number of esters is 1. The molecule has 0 saturated heterocycles. The summed E-state index contributed by atoms with van der Waals surface area (Å²) >= 11 is 5.62. The van der Waals surface area contributed by atoms with Gasteiger partial charge in [0.15, 0.2) is 0 Å². The summed E-state index contributed by atoms with van der Waals surface area (Å²) in [5.41, 5.74) is 0. The third-order valence-electron chi connectivity index (χ3n) is 3.53. The lowest BCUT2D eigenvalue weighted by atomic mass is 10.1. The molecule has 20 heavy (non-hydrogen) atoms. The van der Waals surface area contributed by atoms with Gasteiger partial charge in [-0.15, -0.1) is 11.6 Å². The number of hydrogen-bond donors (Lipinski definition) is 0. The molecule has 0 radical (unpaired) electrons. The average molecular weight is 305 g/mol. The van der Waals surface area contributed by atoms with Crippen molar-refractivity contribution in [2.24, 2.45) is 0 Å². The van der Waals surface area contributed by atoms with Crippen molar-refractivity contribution in [3.63, 3.8) is 0 Å². The molecule has 0 aliphatic carbocycles. The molecule has 0 atom stereocenters. The van der Waals surface area contributed by atoms with Crippen LogP contribution in [0, 0.1) is 0 Å². The zero-order valence-electron chi connectivity index (χ0n) is 13.3. The van der Waals surface area contributed by atoms with Gasteiger partial charge in [-0.1, -0.05) is 64.7 Å². The van der Waals surface area contributed by atoms with E-state index in [-0.39, 0.29) is 5.97 Å². The quantitative estimate of drug-likeness (QED) is 0.215. The summed E-state index contributed by atoms with van der Waals surface area (Å²) in [6.07, 6.45) is 14.9. The van der Waals surface area contributed by atoms with Gasteiger partial charge >= 0.3 is 5.97 Å². The molecule has 3 heteroatoms. The molecule has 0 aromatic rings. The third-order valence-corrected chi connectivity index (χ3v) is 3.79. The lowest BCUT2D eigenvalue weighted by Crippen LogP contribution is -2.05. The second-order valence-electron chi connectivity index (χ2n) is 5.55. The number of halogens is 1. The number of carbonyl (C=O) groups excluding carboxylic acids is 1. The van der Waals surface area contributed by atoms with Gasteiger partial charge < -0.3 is 4.74 Å². The fourth-order valence-electron chi connectivity index (χ4n) is 2.21. The molecule has 0 heterocycles. The molecule has 0 N–H and O–H groups in total. The van der Waals surface area contributed by atoms with Gasteiger partial charge in [0.05, 0.1) is 6.61 Å². The van der Waals surface area contributed by atoms with E-state index >= 15 is 0 Å². The summed E-state index contributed by atoms with van der Waals surface area (Å²) in [6.45, 7) is 2.82. The molecule has 120 valence electrons. The van der Waals surface area contributed by atoms with Crippen LogP contribution < -0.4 is 0 Å². The van der Waals surface area contributed by atoms with Crippen LogP contribution in [0.4, 0.5) is 0 Å². The first-order chi connectivity index (χ1) is 9.81. The Hall–Kier alpha value is -0.240. The molecule has 0 unspecified atom stereocenters. The predicted molar refractivity (Wildman–Crippen MR) is 87.4 cm³/mol. The van der Waals surface area contributed by atoms with Gasteiger partial charge in [-0.05, 0) is 19.3 Å². The minimum absolute atomic E-state index is 0.0115. The van der Waals surface area contributed by atoms with Crippen molar-refractivity contribution in [1.29, 1.82) is 0 Å². The Morgan fingerprint density at radius 3 is 2.00 bits per heavy atom. The Bertz CT molecular complexity index is 207. The SMILES string of the molecule is CCCCCCCCC(=O)OCCCCCCCCCl. The van der Waals surface area contributed by atoms with E-state index in [0.717, 1.165) is 38.0 Å². The van der Waals surface area contributed by atoms with Crippen LogP contribution in [0.15, 0.2) is 0 Å². The smallest absolute Gasteiger partial charge is 0.305 e. The van der Waals surface area contributed by atoms with Crippen LogP contribution in [-0.2, 0) is 9.53 Å². The second kappa shape index (κ2) is 16.8. The van der Waals surface area contributed by atoms with E-state index in [0.29, 0.717) is 13.0 Å². The van der Waals surface area contributed by atoms with E-state index < -0.39 is 0 Å². The van der Waals surface area contributed by atoms with E-state index in [1.54, 1.807) is 0 Å². The highest BCUT2D eigenvalue weighted by atomic mass is 35.5. The first-order valence-electron chi connectivity index (χ1n) is 8.52. The molecule has 0 amide bonds. The number of hydrogen-bond acceptors (Lipinski definition) is 2. The number of unbranched alkanes of at least 4 members (excludes halogenated alkanes) is 10. The Morgan fingerprint density at radius 1 is 0.800 bits per heavy atom. The van der Waals surface area contributed by atoms with Gasteiger partial charge in [0, 0.05) is 12.3 Å². The van der Waals surface area contributed by atoms with Gasteiger partial charge in [0.1, 0.15) is 0 Å². The number of ether oxygens (including phenoxy) is 1. The van der Waals surface area contributed by atoms with E-state index in [1.165, 1.54) is 44.9 Å². The van der Waals surface area contributed by atoms with Gasteiger partial charge in [-0.3, -0.25) is 4.79 Å². The van der Waals surface area contributed by atoms with Crippen molar-refractivity contribution in [3.8, 4) is 0 Å². The van der Waals surface area contributed by atoms with Gasteiger partial charge in [0.2, 0.25) is 0 Å². The fraction of sp³-hybridized carbons (Fsp3) is 0.941. The molecule has 0 aliphatic rings. The molecule has 0 saturated carbocycles. The lowest BCUT2D eigenvalue weighted by Gasteiger charge is -2.05. The molecule has 0 aliphatic heterocycles. The maximum atomic E-state index is 11.5. The van der Waals surface area contributed by atoms with Crippen molar-refractivity contribution >= 4 is 17.6 Å². The zero-order chi connectivity index (χ0) is 14.9. The van der Waals surface area contributed by atoms with Gasteiger partial charge in [-0.2, -0.15) is 0 Å². The highest BCUT2D eigenvalue weighted by Crippen LogP contribution is 2.09. The van der Waals surface area contributed by atoms with Crippen LogP contribution in [0.1, 0.15) is 90.4 Å². The standard InChI is InChI=1S/C17H33ClO2/c1-2-3-4-5-8-11-14-17(19)20-16-13-10-7-6-9-12-15-18/h2-16H2,1H3. The molecule has 0 spiro atoms. The molecular formula is C17H33ClO2. The largest absolute Gasteiger partial charge is 0.466 e. The molecule has 0 aromatic heterocycles. The minimum Gasteiger partial charge on any atom is -0.466 e. The summed E-state index contributed by atoms with van der Waals surface area (Å²) in [4.78, 5) is 11.5. The van der Waals surface area contributed by atoms with Crippen molar-refractivity contribution in [2.45, 2.75) is 90.4 Å². The number of rotatable bonds is 15. The van der Waals surface area contributed by atoms with Gasteiger partial charge in [0.25, 0.3) is 0 Å². The fourth-order valence-corrected chi connectivity index (χ4v) is 2.40. The first kappa shape index (κ1) is 19.8. The summed E-state index contributed by atoms with van der Waals surface area (Å²) in [5, 5.41) is 0. The Labute approximate surface area is 130 Å². The first-order valence-corrected chi connectivity index (χ1v) is 9.06. The highest BCUT2D eigenvalue weighted by Gasteiger charge is 2.02. The molecule has 0 rings (SSSR count). The van der Waals surface area contributed by atoms with Crippen molar-refractivity contribution in [1.82, 2.24) is 0 Å².